The van der Waals surface area contributed by atoms with Gasteiger partial charge in [-0.3, -0.25) is 4.79 Å². The van der Waals surface area contributed by atoms with E-state index in [1.807, 2.05) is 0 Å². The Morgan fingerprint density at radius 1 is 1.33 bits per heavy atom. The summed E-state index contributed by atoms with van der Waals surface area (Å²) in [5.74, 6) is -0.486. The molecular weight excluding hydrogens is 228 g/mol. The van der Waals surface area contributed by atoms with Crippen molar-refractivity contribution in [3.63, 3.8) is 0 Å². The molecule has 0 spiro atoms. The first kappa shape index (κ1) is 13.8. The summed E-state index contributed by atoms with van der Waals surface area (Å²) in [5, 5.41) is 9.13. The topological polar surface area (TPSA) is 43.8 Å². The van der Waals surface area contributed by atoms with Gasteiger partial charge in [0.25, 0.3) is 0 Å². The first-order valence-corrected chi connectivity index (χ1v) is 7.23. The summed E-state index contributed by atoms with van der Waals surface area (Å²) in [6, 6.07) is 0.706. The average molecular weight is 254 g/mol. The molecule has 3 atom stereocenters. The van der Waals surface area contributed by atoms with Crippen LogP contribution in [0.15, 0.2) is 0 Å². The minimum absolute atomic E-state index is 0.158. The van der Waals surface area contributed by atoms with E-state index in [1.54, 1.807) is 0 Å². The summed E-state index contributed by atoms with van der Waals surface area (Å²) in [6.07, 6.45) is 5.18. The van der Waals surface area contributed by atoms with Crippen molar-refractivity contribution in [3.05, 3.63) is 0 Å². The Hall–Kier alpha value is -0.610. The Morgan fingerprint density at radius 2 is 2.11 bits per heavy atom. The van der Waals surface area contributed by atoms with Gasteiger partial charge in [0.15, 0.2) is 0 Å². The van der Waals surface area contributed by atoms with Crippen LogP contribution in [-0.2, 0) is 4.79 Å². The van der Waals surface area contributed by atoms with E-state index in [4.69, 9.17) is 5.11 Å². The summed E-state index contributed by atoms with van der Waals surface area (Å²) in [6.45, 7) is 6.04. The summed E-state index contributed by atoms with van der Waals surface area (Å²) >= 11 is 0. The minimum Gasteiger partial charge on any atom is -0.481 e. The highest BCUT2D eigenvalue weighted by molar-refractivity contribution is 5.71. The van der Waals surface area contributed by atoms with Crippen LogP contribution in [0.2, 0.25) is 0 Å². The van der Waals surface area contributed by atoms with Crippen molar-refractivity contribution in [3.8, 4) is 0 Å². The van der Waals surface area contributed by atoms with Crippen LogP contribution in [-0.4, -0.2) is 60.1 Å². The molecule has 0 saturated carbocycles. The zero-order valence-corrected chi connectivity index (χ0v) is 11.6. The van der Waals surface area contributed by atoms with Crippen LogP contribution in [0, 0.1) is 11.8 Å². The lowest BCUT2D eigenvalue weighted by Gasteiger charge is -2.33. The van der Waals surface area contributed by atoms with E-state index in [2.05, 4.69) is 23.8 Å². The van der Waals surface area contributed by atoms with Gasteiger partial charge in [0.2, 0.25) is 0 Å². The van der Waals surface area contributed by atoms with E-state index in [0.717, 1.165) is 19.6 Å². The molecule has 2 fully saturated rings. The maximum atomic E-state index is 11.1. The minimum atomic E-state index is -0.625. The molecule has 0 aliphatic carbocycles. The molecule has 2 aliphatic heterocycles. The molecule has 2 saturated heterocycles. The summed E-state index contributed by atoms with van der Waals surface area (Å²) in [4.78, 5) is 15.9. The van der Waals surface area contributed by atoms with Crippen molar-refractivity contribution < 1.29 is 9.90 Å². The number of likely N-dealkylation sites (tertiary alicyclic amines) is 2. The van der Waals surface area contributed by atoms with Gasteiger partial charge in [-0.2, -0.15) is 0 Å². The number of nitrogens with zero attached hydrogens (tertiary/aromatic N) is 2. The van der Waals surface area contributed by atoms with Crippen LogP contribution in [0.5, 0.6) is 0 Å². The molecule has 4 nitrogen and oxygen atoms in total. The second kappa shape index (κ2) is 6.02. The summed E-state index contributed by atoms with van der Waals surface area (Å²) in [7, 11) is 2.22. The maximum Gasteiger partial charge on any atom is 0.308 e. The predicted molar refractivity (Wildman–Crippen MR) is 71.6 cm³/mol. The van der Waals surface area contributed by atoms with Gasteiger partial charge >= 0.3 is 5.97 Å². The Balaban J connectivity index is 1.76. The van der Waals surface area contributed by atoms with Crippen molar-refractivity contribution in [2.45, 2.75) is 38.6 Å². The highest BCUT2D eigenvalue weighted by Gasteiger charge is 2.34. The molecule has 0 aromatic heterocycles. The fourth-order valence-electron chi connectivity index (χ4n) is 3.41. The fourth-order valence-corrected chi connectivity index (χ4v) is 3.41. The number of hydrogen-bond donors (Lipinski definition) is 1. The lowest BCUT2D eigenvalue weighted by Crippen LogP contribution is -2.38. The highest BCUT2D eigenvalue weighted by atomic mass is 16.4. The molecule has 2 heterocycles. The maximum absolute atomic E-state index is 11.1. The van der Waals surface area contributed by atoms with Crippen molar-refractivity contribution in [2.75, 3.05) is 33.2 Å². The van der Waals surface area contributed by atoms with Crippen molar-refractivity contribution in [1.82, 2.24) is 9.80 Å². The lowest BCUT2D eigenvalue weighted by atomic mass is 9.99. The molecule has 0 aromatic rings. The number of carbonyl (C=O) groups is 1. The second-order valence-electron chi connectivity index (χ2n) is 6.10. The van der Waals surface area contributed by atoms with E-state index >= 15 is 0 Å². The van der Waals surface area contributed by atoms with Crippen molar-refractivity contribution in [2.24, 2.45) is 11.8 Å². The number of carboxylic acid groups (broad SMARTS) is 1. The zero-order chi connectivity index (χ0) is 13.1. The Labute approximate surface area is 110 Å². The van der Waals surface area contributed by atoms with E-state index in [9.17, 15) is 4.79 Å². The SMILES string of the molecule is C[C@@H]1CN(CCC2CCCCN2C)C[C@H]1C(=O)O. The Morgan fingerprint density at radius 3 is 2.72 bits per heavy atom. The monoisotopic (exact) mass is 254 g/mol. The molecule has 1 unspecified atom stereocenters. The molecule has 1 N–H and O–H groups in total. The summed E-state index contributed by atoms with van der Waals surface area (Å²) in [5.41, 5.74) is 0. The number of carboxylic acids is 1. The molecular formula is C14H26N2O2. The Kier molecular flexibility index (Phi) is 4.62. The molecule has 2 rings (SSSR count). The van der Waals surface area contributed by atoms with Gasteiger partial charge in [-0.1, -0.05) is 13.3 Å². The first-order chi connectivity index (χ1) is 8.58. The van der Waals surface area contributed by atoms with E-state index in [0.29, 0.717) is 12.0 Å². The number of hydrogen-bond acceptors (Lipinski definition) is 3. The third kappa shape index (κ3) is 3.23. The number of aliphatic carboxylic acids is 1. The van der Waals surface area contributed by atoms with Crippen molar-refractivity contribution in [1.29, 1.82) is 0 Å². The third-order valence-corrected chi connectivity index (χ3v) is 4.71. The van der Waals surface area contributed by atoms with Crippen LogP contribution in [0.1, 0.15) is 32.6 Å². The molecule has 0 aromatic carbocycles. The number of rotatable bonds is 4. The average Bonchev–Trinajstić information content (AvgIpc) is 2.70. The smallest absolute Gasteiger partial charge is 0.308 e. The van der Waals surface area contributed by atoms with Crippen LogP contribution < -0.4 is 0 Å². The first-order valence-electron chi connectivity index (χ1n) is 7.23. The van der Waals surface area contributed by atoms with Gasteiger partial charge in [-0.15, -0.1) is 0 Å². The normalized spacial score (nSPS) is 34.9. The fraction of sp³-hybridized carbons (Fsp3) is 0.929. The van der Waals surface area contributed by atoms with E-state index < -0.39 is 5.97 Å². The molecule has 104 valence electrons. The quantitative estimate of drug-likeness (QED) is 0.826. The molecule has 2 aliphatic rings. The molecule has 0 amide bonds. The van der Waals surface area contributed by atoms with Crippen LogP contribution in [0.3, 0.4) is 0 Å². The standard InChI is InChI=1S/C14H26N2O2/c1-11-9-16(10-13(11)14(17)18)8-6-12-5-3-4-7-15(12)2/h11-13H,3-10H2,1-2H3,(H,17,18)/t11-,12?,13-/m1/s1. The van der Waals surface area contributed by atoms with Crippen molar-refractivity contribution >= 4 is 5.97 Å². The third-order valence-electron chi connectivity index (χ3n) is 4.71. The van der Waals surface area contributed by atoms with Gasteiger partial charge < -0.3 is 14.9 Å². The second-order valence-corrected chi connectivity index (χ2v) is 6.10. The number of piperidine rings is 1. The van der Waals surface area contributed by atoms with Crippen LogP contribution >= 0.6 is 0 Å². The highest BCUT2D eigenvalue weighted by Crippen LogP contribution is 2.24. The van der Waals surface area contributed by atoms with Gasteiger partial charge in [-0.25, -0.2) is 0 Å². The molecule has 0 radical (unpaired) electrons. The molecule has 0 bridgehead atoms. The van der Waals surface area contributed by atoms with Crippen LogP contribution in [0.4, 0.5) is 0 Å². The van der Waals surface area contributed by atoms with Gasteiger partial charge in [-0.05, 0) is 45.3 Å². The molecule has 4 heteroatoms. The molecule has 18 heavy (non-hydrogen) atoms. The largest absolute Gasteiger partial charge is 0.481 e. The van der Waals surface area contributed by atoms with Gasteiger partial charge in [0.1, 0.15) is 0 Å². The van der Waals surface area contributed by atoms with E-state index in [-0.39, 0.29) is 5.92 Å². The lowest BCUT2D eigenvalue weighted by molar-refractivity contribution is -0.142. The summed E-state index contributed by atoms with van der Waals surface area (Å²) < 4.78 is 0. The van der Waals surface area contributed by atoms with Gasteiger partial charge in [0, 0.05) is 19.1 Å². The van der Waals surface area contributed by atoms with Crippen LogP contribution in [0.25, 0.3) is 0 Å². The van der Waals surface area contributed by atoms with E-state index in [1.165, 1.54) is 32.2 Å². The zero-order valence-electron chi connectivity index (χ0n) is 11.6. The predicted octanol–water partition coefficient (Wildman–Crippen LogP) is 1.51. The van der Waals surface area contributed by atoms with Gasteiger partial charge in [0.05, 0.1) is 5.92 Å². The Bertz CT molecular complexity index is 296.